The molecular formula is C10H8ClNO2S2. The Morgan fingerprint density at radius 1 is 1.50 bits per heavy atom. The average Bonchev–Trinajstić information content (AvgIpc) is 2.82. The number of hydrogen-bond donors (Lipinski definition) is 1. The third kappa shape index (κ3) is 2.11. The highest BCUT2D eigenvalue weighted by Crippen LogP contribution is 2.37. The quantitative estimate of drug-likeness (QED) is 0.926. The van der Waals surface area contributed by atoms with Crippen molar-refractivity contribution in [1.29, 1.82) is 0 Å². The van der Waals surface area contributed by atoms with Gasteiger partial charge < -0.3 is 5.11 Å². The molecule has 0 spiro atoms. The molecule has 16 heavy (non-hydrogen) atoms. The summed E-state index contributed by atoms with van der Waals surface area (Å²) < 4.78 is 0.651. The third-order valence-electron chi connectivity index (χ3n) is 1.97. The smallest absolute Gasteiger partial charge is 0.356 e. The zero-order valence-electron chi connectivity index (χ0n) is 8.36. The third-order valence-corrected chi connectivity index (χ3v) is 4.58. The molecule has 2 aromatic rings. The number of rotatable bonds is 3. The Bertz CT molecular complexity index is 533. The van der Waals surface area contributed by atoms with Gasteiger partial charge in [0.2, 0.25) is 0 Å². The number of nitrogens with zero attached hydrogens (tertiary/aromatic N) is 1. The average molecular weight is 274 g/mol. The Morgan fingerprint density at radius 3 is 2.75 bits per heavy atom. The van der Waals surface area contributed by atoms with Crippen molar-refractivity contribution < 1.29 is 9.90 Å². The first-order valence-electron chi connectivity index (χ1n) is 4.60. The van der Waals surface area contributed by atoms with Crippen LogP contribution in [0.15, 0.2) is 12.1 Å². The van der Waals surface area contributed by atoms with Crippen molar-refractivity contribution in [2.45, 2.75) is 13.3 Å². The highest BCUT2D eigenvalue weighted by molar-refractivity contribution is 7.24. The van der Waals surface area contributed by atoms with Crippen LogP contribution in [-0.4, -0.2) is 16.1 Å². The van der Waals surface area contributed by atoms with E-state index in [4.69, 9.17) is 16.7 Å². The van der Waals surface area contributed by atoms with Crippen LogP contribution in [0.1, 0.15) is 22.4 Å². The van der Waals surface area contributed by atoms with Crippen LogP contribution < -0.4 is 0 Å². The maximum absolute atomic E-state index is 11.0. The molecule has 0 aliphatic carbocycles. The number of thiazole rings is 1. The first kappa shape index (κ1) is 11.6. The maximum Gasteiger partial charge on any atom is 0.356 e. The summed E-state index contributed by atoms with van der Waals surface area (Å²) in [7, 11) is 0. The zero-order chi connectivity index (χ0) is 11.7. The molecule has 0 saturated carbocycles. The number of hydrogen-bond acceptors (Lipinski definition) is 4. The van der Waals surface area contributed by atoms with Gasteiger partial charge in [-0.3, -0.25) is 0 Å². The fourth-order valence-corrected chi connectivity index (χ4v) is 3.41. The topological polar surface area (TPSA) is 50.2 Å². The Morgan fingerprint density at radius 2 is 2.25 bits per heavy atom. The molecule has 0 radical (unpaired) electrons. The predicted octanol–water partition coefficient (Wildman–Crippen LogP) is 3.79. The maximum atomic E-state index is 11.0. The second kappa shape index (κ2) is 4.53. The molecule has 84 valence electrons. The number of aromatic carboxylic acids is 1. The molecule has 2 rings (SSSR count). The van der Waals surface area contributed by atoms with Gasteiger partial charge in [0.25, 0.3) is 0 Å². The van der Waals surface area contributed by atoms with E-state index >= 15 is 0 Å². The molecule has 2 heterocycles. The van der Waals surface area contributed by atoms with Crippen molar-refractivity contribution >= 4 is 40.2 Å². The molecule has 0 aliphatic rings. The Hall–Kier alpha value is -0.910. The normalized spacial score (nSPS) is 10.6. The molecule has 0 atom stereocenters. The van der Waals surface area contributed by atoms with Gasteiger partial charge in [0.1, 0.15) is 0 Å². The van der Waals surface area contributed by atoms with Crippen LogP contribution in [0.3, 0.4) is 0 Å². The minimum atomic E-state index is -0.990. The number of aryl methyl sites for hydroxylation is 1. The molecule has 0 saturated heterocycles. The molecule has 0 bridgehead atoms. The van der Waals surface area contributed by atoms with E-state index in [-0.39, 0.29) is 5.69 Å². The SMILES string of the molecule is CCc1nc(C(=O)O)c(-c2ccc(Cl)s2)s1. The number of carboxylic acids is 1. The minimum Gasteiger partial charge on any atom is -0.476 e. The molecule has 0 aromatic carbocycles. The first-order chi connectivity index (χ1) is 7.61. The van der Waals surface area contributed by atoms with Gasteiger partial charge in [0, 0.05) is 4.88 Å². The largest absolute Gasteiger partial charge is 0.476 e. The van der Waals surface area contributed by atoms with Crippen molar-refractivity contribution in [2.75, 3.05) is 0 Å². The second-order valence-corrected chi connectivity index (χ2v) is 5.85. The van der Waals surface area contributed by atoms with Crippen LogP contribution in [0.5, 0.6) is 0 Å². The van der Waals surface area contributed by atoms with Crippen molar-refractivity contribution in [3.63, 3.8) is 0 Å². The van der Waals surface area contributed by atoms with Crippen LogP contribution in [0.4, 0.5) is 0 Å². The van der Waals surface area contributed by atoms with Crippen LogP contribution in [0.25, 0.3) is 9.75 Å². The fraction of sp³-hybridized carbons (Fsp3) is 0.200. The van der Waals surface area contributed by atoms with Gasteiger partial charge in [-0.1, -0.05) is 18.5 Å². The zero-order valence-corrected chi connectivity index (χ0v) is 10.7. The van der Waals surface area contributed by atoms with E-state index in [1.165, 1.54) is 22.7 Å². The summed E-state index contributed by atoms with van der Waals surface area (Å²) in [4.78, 5) is 16.7. The number of carboxylic acid groups (broad SMARTS) is 1. The highest BCUT2D eigenvalue weighted by atomic mass is 35.5. The molecule has 0 unspecified atom stereocenters. The summed E-state index contributed by atoms with van der Waals surface area (Å²) in [6.45, 7) is 1.95. The van der Waals surface area contributed by atoms with E-state index in [2.05, 4.69) is 4.98 Å². The van der Waals surface area contributed by atoms with E-state index in [1.807, 2.05) is 13.0 Å². The summed E-state index contributed by atoms with van der Waals surface area (Å²) in [5.41, 5.74) is 0.125. The molecule has 6 heteroatoms. The van der Waals surface area contributed by atoms with Gasteiger partial charge in [0.15, 0.2) is 5.69 Å². The minimum absolute atomic E-state index is 0.125. The molecular weight excluding hydrogens is 266 g/mol. The molecule has 0 fully saturated rings. The second-order valence-electron chi connectivity index (χ2n) is 3.05. The molecule has 2 aromatic heterocycles. The lowest BCUT2D eigenvalue weighted by molar-refractivity contribution is 0.0692. The Kier molecular flexibility index (Phi) is 3.28. The van der Waals surface area contributed by atoms with Gasteiger partial charge >= 0.3 is 5.97 Å². The van der Waals surface area contributed by atoms with Gasteiger partial charge in [0.05, 0.1) is 14.2 Å². The number of aromatic nitrogens is 1. The summed E-state index contributed by atoms with van der Waals surface area (Å²) in [6.07, 6.45) is 0.740. The van der Waals surface area contributed by atoms with Crippen LogP contribution >= 0.6 is 34.3 Å². The summed E-state index contributed by atoms with van der Waals surface area (Å²) in [5, 5.41) is 9.89. The van der Waals surface area contributed by atoms with E-state index < -0.39 is 5.97 Å². The van der Waals surface area contributed by atoms with E-state index in [1.54, 1.807) is 6.07 Å². The van der Waals surface area contributed by atoms with Crippen LogP contribution in [0.2, 0.25) is 4.34 Å². The van der Waals surface area contributed by atoms with Gasteiger partial charge in [-0.2, -0.15) is 0 Å². The van der Waals surface area contributed by atoms with Crippen molar-refractivity contribution in [2.24, 2.45) is 0 Å². The van der Waals surface area contributed by atoms with Gasteiger partial charge in [-0.05, 0) is 18.6 Å². The number of carbonyl (C=O) groups is 1. The molecule has 0 amide bonds. The lowest BCUT2D eigenvalue weighted by Crippen LogP contribution is -1.98. The Balaban J connectivity index is 2.54. The van der Waals surface area contributed by atoms with Gasteiger partial charge in [-0.15, -0.1) is 22.7 Å². The fourth-order valence-electron chi connectivity index (χ4n) is 1.26. The van der Waals surface area contributed by atoms with Gasteiger partial charge in [-0.25, -0.2) is 9.78 Å². The first-order valence-corrected chi connectivity index (χ1v) is 6.61. The van der Waals surface area contributed by atoms with E-state index in [0.717, 1.165) is 16.3 Å². The highest BCUT2D eigenvalue weighted by Gasteiger charge is 2.19. The monoisotopic (exact) mass is 273 g/mol. The number of halogens is 1. The van der Waals surface area contributed by atoms with Crippen molar-refractivity contribution in [3.8, 4) is 9.75 Å². The number of thiophene rings is 1. The van der Waals surface area contributed by atoms with Crippen LogP contribution in [-0.2, 0) is 6.42 Å². The summed E-state index contributed by atoms with van der Waals surface area (Å²) in [5.74, 6) is -0.990. The van der Waals surface area contributed by atoms with Crippen LogP contribution in [0, 0.1) is 0 Å². The molecule has 1 N–H and O–H groups in total. The van der Waals surface area contributed by atoms with Crippen molar-refractivity contribution in [1.82, 2.24) is 4.98 Å². The lowest BCUT2D eigenvalue weighted by Gasteiger charge is -1.92. The summed E-state index contributed by atoms with van der Waals surface area (Å²) in [6, 6.07) is 3.59. The van der Waals surface area contributed by atoms with E-state index in [9.17, 15) is 4.79 Å². The molecule has 3 nitrogen and oxygen atoms in total. The predicted molar refractivity (Wildman–Crippen MR) is 66.8 cm³/mol. The summed E-state index contributed by atoms with van der Waals surface area (Å²) >= 11 is 8.62. The Labute approximate surface area is 105 Å². The van der Waals surface area contributed by atoms with E-state index in [0.29, 0.717) is 9.21 Å². The lowest BCUT2D eigenvalue weighted by atomic mass is 10.3. The van der Waals surface area contributed by atoms with Crippen molar-refractivity contribution in [3.05, 3.63) is 27.2 Å². The standard InChI is InChI=1S/C10H8ClNO2S2/c1-2-7-12-8(10(13)14)9(16-7)5-3-4-6(11)15-5/h3-4H,2H2,1H3,(H,13,14). The molecule has 0 aliphatic heterocycles.